The topological polar surface area (TPSA) is 50.9 Å². The number of hydrogen-bond acceptors (Lipinski definition) is 3. The maximum Gasteiger partial charge on any atom is 0.128 e. The number of aryl methyl sites for hydroxylation is 1. The van der Waals surface area contributed by atoms with Crippen LogP contribution in [0.25, 0.3) is 0 Å². The molecule has 1 aromatic carbocycles. The molecule has 0 saturated carbocycles. The van der Waals surface area contributed by atoms with Crippen LogP contribution >= 0.6 is 0 Å². The Morgan fingerprint density at radius 1 is 1.16 bits per heavy atom. The third-order valence-electron chi connectivity index (χ3n) is 3.31. The van der Waals surface area contributed by atoms with Crippen molar-refractivity contribution in [2.24, 2.45) is 0 Å². The number of pyridine rings is 1. The minimum atomic E-state index is 0.101. The van der Waals surface area contributed by atoms with Gasteiger partial charge in [0.05, 0.1) is 6.04 Å². The summed E-state index contributed by atoms with van der Waals surface area (Å²) in [5, 5.41) is 3.47. The largest absolute Gasteiger partial charge is 0.383 e. The van der Waals surface area contributed by atoms with Crippen LogP contribution in [0.5, 0.6) is 0 Å². The SMILES string of the molecule is CCNC(c1ccc(CC)cc1)c1cccnc1N. The molecule has 0 fully saturated rings. The average Bonchev–Trinajstić information content (AvgIpc) is 2.46. The van der Waals surface area contributed by atoms with Crippen LogP contribution in [0.4, 0.5) is 5.82 Å². The summed E-state index contributed by atoms with van der Waals surface area (Å²) in [6.07, 6.45) is 2.78. The molecule has 3 heteroatoms. The quantitative estimate of drug-likeness (QED) is 0.863. The molecule has 1 atom stereocenters. The molecule has 2 aromatic rings. The van der Waals surface area contributed by atoms with Crippen molar-refractivity contribution < 1.29 is 0 Å². The van der Waals surface area contributed by atoms with E-state index in [1.54, 1.807) is 6.20 Å². The molecule has 0 aliphatic carbocycles. The van der Waals surface area contributed by atoms with Crippen molar-refractivity contribution in [2.45, 2.75) is 26.3 Å². The number of nitrogens with one attached hydrogen (secondary N) is 1. The Morgan fingerprint density at radius 3 is 2.47 bits per heavy atom. The Kier molecular flexibility index (Phi) is 4.53. The third kappa shape index (κ3) is 3.12. The predicted molar refractivity (Wildman–Crippen MR) is 80.0 cm³/mol. The van der Waals surface area contributed by atoms with Crippen molar-refractivity contribution in [3.8, 4) is 0 Å². The summed E-state index contributed by atoms with van der Waals surface area (Å²) in [6.45, 7) is 5.14. The maximum absolute atomic E-state index is 5.99. The molecule has 1 aromatic heterocycles. The lowest BCUT2D eigenvalue weighted by Gasteiger charge is -2.20. The van der Waals surface area contributed by atoms with Gasteiger partial charge in [-0.2, -0.15) is 0 Å². The van der Waals surface area contributed by atoms with Gasteiger partial charge in [-0.3, -0.25) is 0 Å². The Labute approximate surface area is 114 Å². The summed E-state index contributed by atoms with van der Waals surface area (Å²) in [5.74, 6) is 0.591. The second kappa shape index (κ2) is 6.34. The van der Waals surface area contributed by atoms with Gasteiger partial charge in [-0.05, 0) is 30.2 Å². The first-order chi connectivity index (χ1) is 9.26. The van der Waals surface area contributed by atoms with E-state index in [2.05, 4.69) is 48.4 Å². The molecule has 0 saturated heterocycles. The summed E-state index contributed by atoms with van der Waals surface area (Å²) in [4.78, 5) is 4.18. The van der Waals surface area contributed by atoms with E-state index in [4.69, 9.17) is 5.73 Å². The van der Waals surface area contributed by atoms with Gasteiger partial charge in [0.25, 0.3) is 0 Å². The molecule has 19 heavy (non-hydrogen) atoms. The molecule has 1 unspecified atom stereocenters. The first kappa shape index (κ1) is 13.6. The Bertz CT molecular complexity index is 520. The standard InChI is InChI=1S/C16H21N3/c1-3-12-7-9-13(10-8-12)15(18-4-2)14-6-5-11-19-16(14)17/h5-11,15,18H,3-4H2,1-2H3,(H2,17,19). The van der Waals surface area contributed by atoms with Gasteiger partial charge in [-0.1, -0.05) is 44.2 Å². The third-order valence-corrected chi connectivity index (χ3v) is 3.31. The van der Waals surface area contributed by atoms with E-state index in [9.17, 15) is 0 Å². The maximum atomic E-state index is 5.99. The fourth-order valence-corrected chi connectivity index (χ4v) is 2.23. The van der Waals surface area contributed by atoms with Crippen LogP contribution in [0.2, 0.25) is 0 Å². The van der Waals surface area contributed by atoms with Crippen molar-refractivity contribution in [3.05, 3.63) is 59.3 Å². The van der Waals surface area contributed by atoms with Crippen molar-refractivity contribution in [1.82, 2.24) is 10.3 Å². The van der Waals surface area contributed by atoms with E-state index in [0.29, 0.717) is 5.82 Å². The van der Waals surface area contributed by atoms with Gasteiger partial charge in [-0.25, -0.2) is 4.98 Å². The lowest BCUT2D eigenvalue weighted by molar-refractivity contribution is 0.630. The monoisotopic (exact) mass is 255 g/mol. The average molecular weight is 255 g/mol. The van der Waals surface area contributed by atoms with E-state index < -0.39 is 0 Å². The summed E-state index contributed by atoms with van der Waals surface area (Å²) in [5.41, 5.74) is 9.60. The molecule has 0 amide bonds. The van der Waals surface area contributed by atoms with Crippen molar-refractivity contribution >= 4 is 5.82 Å². The summed E-state index contributed by atoms with van der Waals surface area (Å²) >= 11 is 0. The lowest BCUT2D eigenvalue weighted by atomic mass is 9.97. The lowest BCUT2D eigenvalue weighted by Crippen LogP contribution is -2.23. The van der Waals surface area contributed by atoms with Crippen molar-refractivity contribution in [2.75, 3.05) is 12.3 Å². The van der Waals surface area contributed by atoms with Gasteiger partial charge < -0.3 is 11.1 Å². The number of benzene rings is 1. The van der Waals surface area contributed by atoms with Crippen LogP contribution in [0.3, 0.4) is 0 Å². The van der Waals surface area contributed by atoms with Crippen LogP contribution in [0.1, 0.15) is 36.6 Å². The molecule has 0 bridgehead atoms. The molecule has 3 nitrogen and oxygen atoms in total. The zero-order valence-electron chi connectivity index (χ0n) is 11.6. The fourth-order valence-electron chi connectivity index (χ4n) is 2.23. The van der Waals surface area contributed by atoms with E-state index in [-0.39, 0.29) is 6.04 Å². The number of nitrogens with two attached hydrogens (primary N) is 1. The molecule has 0 aliphatic rings. The van der Waals surface area contributed by atoms with Crippen molar-refractivity contribution in [1.29, 1.82) is 0 Å². The van der Waals surface area contributed by atoms with Gasteiger partial charge in [0.2, 0.25) is 0 Å². The van der Waals surface area contributed by atoms with E-state index in [1.807, 2.05) is 12.1 Å². The molecular formula is C16H21N3. The summed E-state index contributed by atoms with van der Waals surface area (Å²) < 4.78 is 0. The van der Waals surface area contributed by atoms with Crippen LogP contribution in [-0.2, 0) is 6.42 Å². The van der Waals surface area contributed by atoms with Crippen LogP contribution in [0, 0.1) is 0 Å². The highest BCUT2D eigenvalue weighted by atomic mass is 14.9. The molecule has 2 rings (SSSR count). The van der Waals surface area contributed by atoms with Gasteiger partial charge in [0.15, 0.2) is 0 Å². The summed E-state index contributed by atoms with van der Waals surface area (Å²) in [6, 6.07) is 12.7. The summed E-state index contributed by atoms with van der Waals surface area (Å²) in [7, 11) is 0. The zero-order valence-corrected chi connectivity index (χ0v) is 11.6. The van der Waals surface area contributed by atoms with Gasteiger partial charge >= 0.3 is 0 Å². The van der Waals surface area contributed by atoms with E-state index >= 15 is 0 Å². The highest BCUT2D eigenvalue weighted by molar-refractivity contribution is 5.45. The number of anilines is 1. The number of aromatic nitrogens is 1. The van der Waals surface area contributed by atoms with Gasteiger partial charge in [0.1, 0.15) is 5.82 Å². The normalized spacial score (nSPS) is 12.3. The number of rotatable bonds is 5. The smallest absolute Gasteiger partial charge is 0.128 e. The molecule has 1 heterocycles. The van der Waals surface area contributed by atoms with Crippen LogP contribution < -0.4 is 11.1 Å². The van der Waals surface area contributed by atoms with E-state index in [0.717, 1.165) is 18.5 Å². The second-order valence-electron chi connectivity index (χ2n) is 4.56. The Balaban J connectivity index is 2.36. The highest BCUT2D eigenvalue weighted by Crippen LogP contribution is 2.25. The molecular weight excluding hydrogens is 234 g/mol. The molecule has 3 N–H and O–H groups in total. The minimum absolute atomic E-state index is 0.101. The first-order valence-electron chi connectivity index (χ1n) is 6.78. The highest BCUT2D eigenvalue weighted by Gasteiger charge is 2.15. The minimum Gasteiger partial charge on any atom is -0.383 e. The predicted octanol–water partition coefficient (Wildman–Crippen LogP) is 2.93. The molecule has 0 aliphatic heterocycles. The van der Waals surface area contributed by atoms with Gasteiger partial charge in [0, 0.05) is 11.8 Å². The molecule has 0 radical (unpaired) electrons. The number of nitrogens with zero attached hydrogens (tertiary/aromatic N) is 1. The van der Waals surface area contributed by atoms with Crippen LogP contribution in [0.15, 0.2) is 42.6 Å². The zero-order chi connectivity index (χ0) is 13.7. The molecule has 0 spiro atoms. The fraction of sp³-hybridized carbons (Fsp3) is 0.312. The second-order valence-corrected chi connectivity index (χ2v) is 4.56. The number of hydrogen-bond donors (Lipinski definition) is 2. The molecule has 100 valence electrons. The number of nitrogen functional groups attached to an aromatic ring is 1. The van der Waals surface area contributed by atoms with Crippen molar-refractivity contribution in [3.63, 3.8) is 0 Å². The Morgan fingerprint density at radius 2 is 1.89 bits per heavy atom. The van der Waals surface area contributed by atoms with Crippen LogP contribution in [-0.4, -0.2) is 11.5 Å². The van der Waals surface area contributed by atoms with E-state index in [1.165, 1.54) is 11.1 Å². The van der Waals surface area contributed by atoms with Gasteiger partial charge in [-0.15, -0.1) is 0 Å². The first-order valence-corrected chi connectivity index (χ1v) is 6.78. The Hall–Kier alpha value is -1.87.